The van der Waals surface area contributed by atoms with Crippen LogP contribution in [0.15, 0.2) is 36.5 Å². The average molecular weight is 282 g/mol. The lowest BCUT2D eigenvalue weighted by Gasteiger charge is -2.27. The molecule has 1 aromatic carbocycles. The highest BCUT2D eigenvalue weighted by Crippen LogP contribution is 2.30. The molecule has 0 fully saturated rings. The van der Waals surface area contributed by atoms with E-state index in [0.29, 0.717) is 6.61 Å². The molecule has 0 amide bonds. The fourth-order valence-electron chi connectivity index (χ4n) is 2.88. The molecule has 0 aliphatic carbocycles. The Labute approximate surface area is 126 Å². The quantitative estimate of drug-likeness (QED) is 0.934. The first-order chi connectivity index (χ1) is 10.3. The van der Waals surface area contributed by atoms with Gasteiger partial charge in [0.2, 0.25) is 0 Å². The third kappa shape index (κ3) is 2.93. The Balaban J connectivity index is 1.92. The average Bonchev–Trinajstić information content (AvgIpc) is 2.54. The van der Waals surface area contributed by atoms with Gasteiger partial charge in [0.25, 0.3) is 0 Å². The summed E-state index contributed by atoms with van der Waals surface area (Å²) in [7, 11) is 0. The molecule has 1 aliphatic heterocycles. The lowest BCUT2D eigenvalue weighted by Crippen LogP contribution is -2.31. The molecule has 0 bridgehead atoms. The molecule has 0 saturated carbocycles. The summed E-state index contributed by atoms with van der Waals surface area (Å²) >= 11 is 0. The molecule has 1 N–H and O–H groups in total. The van der Waals surface area contributed by atoms with Crippen LogP contribution >= 0.6 is 0 Å². The first-order valence-electron chi connectivity index (χ1n) is 7.75. The fraction of sp³-hybridized carbons (Fsp3) is 0.389. The van der Waals surface area contributed by atoms with Crippen molar-refractivity contribution >= 4 is 0 Å². The number of rotatable bonds is 4. The van der Waals surface area contributed by atoms with Crippen molar-refractivity contribution in [1.82, 2.24) is 10.3 Å². The van der Waals surface area contributed by atoms with E-state index in [1.807, 2.05) is 13.1 Å². The van der Waals surface area contributed by atoms with Crippen LogP contribution < -0.4 is 10.1 Å². The summed E-state index contributed by atoms with van der Waals surface area (Å²) in [6.45, 7) is 5.86. The van der Waals surface area contributed by atoms with Crippen LogP contribution in [0.4, 0.5) is 0 Å². The lowest BCUT2D eigenvalue weighted by molar-refractivity contribution is 0.339. The molecule has 2 aromatic rings. The van der Waals surface area contributed by atoms with Crippen molar-refractivity contribution in [2.75, 3.05) is 13.2 Å². The zero-order chi connectivity index (χ0) is 14.7. The second kappa shape index (κ2) is 6.27. The van der Waals surface area contributed by atoms with Crippen molar-refractivity contribution in [1.29, 1.82) is 0 Å². The lowest BCUT2D eigenvalue weighted by atomic mass is 9.92. The van der Waals surface area contributed by atoms with Crippen molar-refractivity contribution in [3.8, 4) is 5.75 Å². The van der Waals surface area contributed by atoms with E-state index < -0.39 is 0 Å². The number of pyridine rings is 1. The van der Waals surface area contributed by atoms with Crippen LogP contribution in [0.5, 0.6) is 5.75 Å². The number of ether oxygens (including phenoxy) is 1. The van der Waals surface area contributed by atoms with E-state index in [1.165, 1.54) is 16.7 Å². The smallest absolute Gasteiger partial charge is 0.119 e. The number of nitrogens with zero attached hydrogens (tertiary/aromatic N) is 1. The molecule has 1 unspecified atom stereocenters. The Bertz CT molecular complexity index is 607. The maximum absolute atomic E-state index is 5.61. The first-order valence-corrected chi connectivity index (χ1v) is 7.75. The SMILES string of the molecule is CCOc1ccc2c(c1)CCNC2c1ccc(CC)cn1. The molecule has 1 aromatic heterocycles. The van der Waals surface area contributed by atoms with Crippen LogP contribution in [-0.2, 0) is 12.8 Å². The van der Waals surface area contributed by atoms with Gasteiger partial charge in [-0.15, -0.1) is 0 Å². The molecular weight excluding hydrogens is 260 g/mol. The molecule has 0 saturated heterocycles. The van der Waals surface area contributed by atoms with Gasteiger partial charge in [0.05, 0.1) is 18.3 Å². The van der Waals surface area contributed by atoms with Crippen LogP contribution in [0.2, 0.25) is 0 Å². The van der Waals surface area contributed by atoms with Gasteiger partial charge in [-0.2, -0.15) is 0 Å². The van der Waals surface area contributed by atoms with Gasteiger partial charge in [-0.25, -0.2) is 0 Å². The van der Waals surface area contributed by atoms with Crippen molar-refractivity contribution in [3.63, 3.8) is 0 Å². The summed E-state index contributed by atoms with van der Waals surface area (Å²) in [4.78, 5) is 4.64. The summed E-state index contributed by atoms with van der Waals surface area (Å²) in [5.74, 6) is 0.964. The maximum atomic E-state index is 5.61. The fourth-order valence-corrected chi connectivity index (χ4v) is 2.88. The molecule has 3 rings (SSSR count). The van der Waals surface area contributed by atoms with Crippen molar-refractivity contribution in [2.45, 2.75) is 32.7 Å². The summed E-state index contributed by atoms with van der Waals surface area (Å²) in [6, 6.07) is 10.9. The molecule has 0 spiro atoms. The minimum absolute atomic E-state index is 0.190. The molecule has 3 nitrogen and oxygen atoms in total. The predicted molar refractivity (Wildman–Crippen MR) is 84.8 cm³/mol. The Hall–Kier alpha value is -1.87. The Morgan fingerprint density at radius 3 is 2.86 bits per heavy atom. The van der Waals surface area contributed by atoms with Gasteiger partial charge in [-0.1, -0.05) is 19.1 Å². The zero-order valence-electron chi connectivity index (χ0n) is 12.7. The largest absolute Gasteiger partial charge is 0.494 e. The number of aryl methyl sites for hydroxylation is 1. The summed E-state index contributed by atoms with van der Waals surface area (Å²) in [6.07, 6.45) is 4.05. The molecule has 1 aliphatic rings. The van der Waals surface area contributed by atoms with Gasteiger partial charge < -0.3 is 10.1 Å². The molecular formula is C18H22N2O. The molecule has 0 radical (unpaired) electrons. The van der Waals surface area contributed by atoms with Crippen LogP contribution in [0.25, 0.3) is 0 Å². The van der Waals surface area contributed by atoms with E-state index in [0.717, 1.165) is 30.8 Å². The van der Waals surface area contributed by atoms with Crippen LogP contribution in [0.1, 0.15) is 42.3 Å². The zero-order valence-corrected chi connectivity index (χ0v) is 12.7. The van der Waals surface area contributed by atoms with Gasteiger partial charge in [0, 0.05) is 12.7 Å². The highest BCUT2D eigenvalue weighted by Gasteiger charge is 2.22. The Morgan fingerprint density at radius 1 is 1.24 bits per heavy atom. The van der Waals surface area contributed by atoms with Crippen LogP contribution in [0, 0.1) is 0 Å². The maximum Gasteiger partial charge on any atom is 0.119 e. The Morgan fingerprint density at radius 2 is 2.14 bits per heavy atom. The highest BCUT2D eigenvalue weighted by molar-refractivity contribution is 5.42. The first kappa shape index (κ1) is 14.1. The molecule has 2 heterocycles. The number of benzene rings is 1. The number of aromatic nitrogens is 1. The van der Waals surface area contributed by atoms with Gasteiger partial charge >= 0.3 is 0 Å². The molecule has 21 heavy (non-hydrogen) atoms. The summed E-state index contributed by atoms with van der Waals surface area (Å²) in [5.41, 5.74) is 5.06. The third-order valence-corrected chi connectivity index (χ3v) is 4.03. The van der Waals surface area contributed by atoms with E-state index >= 15 is 0 Å². The second-order valence-corrected chi connectivity index (χ2v) is 5.38. The van der Waals surface area contributed by atoms with Crippen molar-refractivity contribution in [3.05, 3.63) is 58.9 Å². The summed E-state index contributed by atoms with van der Waals surface area (Å²) < 4.78 is 5.61. The van der Waals surface area contributed by atoms with Gasteiger partial charge in [0.15, 0.2) is 0 Å². The van der Waals surface area contributed by atoms with Crippen LogP contribution in [0.3, 0.4) is 0 Å². The number of nitrogens with one attached hydrogen (secondary N) is 1. The van der Waals surface area contributed by atoms with Gasteiger partial charge in [-0.3, -0.25) is 4.98 Å². The molecule has 110 valence electrons. The predicted octanol–water partition coefficient (Wildman–Crippen LogP) is 3.28. The van der Waals surface area contributed by atoms with Gasteiger partial charge in [0.1, 0.15) is 5.75 Å². The van der Waals surface area contributed by atoms with E-state index in [4.69, 9.17) is 4.74 Å². The van der Waals surface area contributed by atoms with E-state index in [-0.39, 0.29) is 6.04 Å². The summed E-state index contributed by atoms with van der Waals surface area (Å²) in [5, 5.41) is 3.58. The minimum atomic E-state index is 0.190. The van der Waals surface area contributed by atoms with Gasteiger partial charge in [-0.05, 0) is 54.7 Å². The minimum Gasteiger partial charge on any atom is -0.494 e. The highest BCUT2D eigenvalue weighted by atomic mass is 16.5. The third-order valence-electron chi connectivity index (χ3n) is 4.03. The van der Waals surface area contributed by atoms with E-state index in [1.54, 1.807) is 0 Å². The standard InChI is InChI=1S/C18H22N2O/c1-3-13-5-8-17(20-12-13)18-16-7-6-15(21-4-2)11-14(16)9-10-19-18/h5-8,11-12,18-19H,3-4,9-10H2,1-2H3. The molecule has 1 atom stereocenters. The monoisotopic (exact) mass is 282 g/mol. The Kier molecular flexibility index (Phi) is 4.20. The van der Waals surface area contributed by atoms with Crippen molar-refractivity contribution < 1.29 is 4.74 Å². The second-order valence-electron chi connectivity index (χ2n) is 5.38. The molecule has 3 heteroatoms. The number of hydrogen-bond donors (Lipinski definition) is 1. The topological polar surface area (TPSA) is 34.1 Å². The number of fused-ring (bicyclic) bond motifs is 1. The van der Waals surface area contributed by atoms with E-state index in [2.05, 4.69) is 47.6 Å². The normalized spacial score (nSPS) is 17.3. The van der Waals surface area contributed by atoms with E-state index in [9.17, 15) is 0 Å². The van der Waals surface area contributed by atoms with Crippen molar-refractivity contribution in [2.24, 2.45) is 0 Å². The number of hydrogen-bond acceptors (Lipinski definition) is 3. The van der Waals surface area contributed by atoms with Crippen LogP contribution in [-0.4, -0.2) is 18.1 Å².